The van der Waals surface area contributed by atoms with Crippen molar-refractivity contribution in [2.45, 2.75) is 55.8 Å². The summed E-state index contributed by atoms with van der Waals surface area (Å²) in [7, 11) is -3.46. The first-order chi connectivity index (χ1) is 15.3. The maximum atomic E-state index is 13.4. The van der Waals surface area contributed by atoms with Crippen LogP contribution in [0.25, 0.3) is 0 Å². The highest BCUT2D eigenvalue weighted by molar-refractivity contribution is 7.90. The van der Waals surface area contributed by atoms with Gasteiger partial charge >= 0.3 is 0 Å². The van der Waals surface area contributed by atoms with Gasteiger partial charge in [0.05, 0.1) is 10.6 Å². The highest BCUT2D eigenvalue weighted by atomic mass is 32.2. The van der Waals surface area contributed by atoms with Crippen molar-refractivity contribution < 1.29 is 13.2 Å². The van der Waals surface area contributed by atoms with E-state index in [9.17, 15) is 13.2 Å². The van der Waals surface area contributed by atoms with Gasteiger partial charge < -0.3 is 4.90 Å². The summed E-state index contributed by atoms with van der Waals surface area (Å²) in [5, 5.41) is 0. The average molecular weight is 448 g/mol. The highest BCUT2D eigenvalue weighted by Crippen LogP contribution is 2.30. The maximum Gasteiger partial charge on any atom is 0.254 e. The highest BCUT2D eigenvalue weighted by Gasteiger charge is 2.33. The van der Waals surface area contributed by atoms with Crippen molar-refractivity contribution in [2.75, 3.05) is 0 Å². The fourth-order valence-corrected chi connectivity index (χ4v) is 5.20. The van der Waals surface area contributed by atoms with E-state index in [0.29, 0.717) is 28.5 Å². The molecule has 0 heterocycles. The molecule has 0 spiro atoms. The van der Waals surface area contributed by atoms with E-state index < -0.39 is 9.84 Å². The van der Waals surface area contributed by atoms with Gasteiger partial charge in [-0.15, -0.1) is 0 Å². The monoisotopic (exact) mass is 447 g/mol. The largest absolute Gasteiger partial charge is 0.331 e. The molecule has 0 bridgehead atoms. The van der Waals surface area contributed by atoms with Crippen LogP contribution in [0.2, 0.25) is 0 Å². The van der Waals surface area contributed by atoms with E-state index in [4.69, 9.17) is 0 Å². The molecule has 1 amide bonds. The minimum absolute atomic E-state index is 0.0422. The molecule has 0 atom stereocenters. The molecule has 3 aromatic carbocycles. The van der Waals surface area contributed by atoms with Gasteiger partial charge in [-0.2, -0.15) is 0 Å². The van der Waals surface area contributed by atoms with Crippen molar-refractivity contribution in [3.8, 4) is 0 Å². The van der Waals surface area contributed by atoms with Gasteiger partial charge in [0.1, 0.15) is 0 Å². The van der Waals surface area contributed by atoms with Crippen molar-refractivity contribution in [1.82, 2.24) is 4.90 Å². The molecule has 166 valence electrons. The van der Waals surface area contributed by atoms with Crippen LogP contribution in [-0.2, 0) is 22.1 Å². The number of hydrogen-bond donors (Lipinski definition) is 0. The molecule has 0 unspecified atom stereocenters. The predicted molar refractivity (Wildman–Crippen MR) is 127 cm³/mol. The van der Waals surface area contributed by atoms with Gasteiger partial charge in [0.2, 0.25) is 0 Å². The third kappa shape index (κ3) is 5.28. The molecule has 32 heavy (non-hydrogen) atoms. The van der Waals surface area contributed by atoms with Crippen molar-refractivity contribution in [3.63, 3.8) is 0 Å². The Labute approximate surface area is 190 Å². The minimum atomic E-state index is -3.46. The standard InChI is InChI=1S/C27H29NO3S/c1-20(2)23-13-11-21(12-14-23)18-28(25-15-16-25)27(29)24-8-6-7-22(17-24)19-32(30,31)26-9-4-3-5-10-26/h3-14,17,20,25H,15-16,18-19H2,1-2H3. The number of hydrogen-bond acceptors (Lipinski definition) is 3. The lowest BCUT2D eigenvalue weighted by atomic mass is 10.0. The minimum Gasteiger partial charge on any atom is -0.331 e. The van der Waals surface area contributed by atoms with Gasteiger partial charge in [-0.05, 0) is 59.7 Å². The van der Waals surface area contributed by atoms with Crippen LogP contribution >= 0.6 is 0 Å². The number of amides is 1. The second kappa shape index (κ2) is 9.29. The van der Waals surface area contributed by atoms with Crippen molar-refractivity contribution >= 4 is 15.7 Å². The Hall–Kier alpha value is -2.92. The molecule has 0 aliphatic heterocycles. The number of rotatable bonds is 8. The molecular weight excluding hydrogens is 418 g/mol. The Kier molecular flexibility index (Phi) is 6.47. The van der Waals surface area contributed by atoms with Crippen LogP contribution in [0.5, 0.6) is 0 Å². The van der Waals surface area contributed by atoms with E-state index in [1.807, 2.05) is 4.90 Å². The van der Waals surface area contributed by atoms with Crippen LogP contribution in [0.1, 0.15) is 59.7 Å². The number of carbonyl (C=O) groups excluding carboxylic acids is 1. The topological polar surface area (TPSA) is 54.5 Å². The molecule has 1 aliphatic rings. The van der Waals surface area contributed by atoms with Crippen molar-refractivity contribution in [3.05, 3.63) is 101 Å². The van der Waals surface area contributed by atoms with Crippen LogP contribution in [0.4, 0.5) is 0 Å². The molecule has 4 nitrogen and oxygen atoms in total. The van der Waals surface area contributed by atoms with Gasteiger partial charge in [0.15, 0.2) is 9.84 Å². The molecule has 3 aromatic rings. The zero-order valence-electron chi connectivity index (χ0n) is 18.6. The van der Waals surface area contributed by atoms with Crippen LogP contribution in [0.15, 0.2) is 83.8 Å². The lowest BCUT2D eigenvalue weighted by Crippen LogP contribution is -2.32. The normalized spacial score (nSPS) is 13.8. The zero-order valence-corrected chi connectivity index (χ0v) is 19.4. The summed E-state index contributed by atoms with van der Waals surface area (Å²) in [6.45, 7) is 4.90. The molecule has 0 N–H and O–H groups in total. The molecule has 1 saturated carbocycles. The van der Waals surface area contributed by atoms with E-state index in [1.54, 1.807) is 54.6 Å². The summed E-state index contributed by atoms with van der Waals surface area (Å²) < 4.78 is 25.5. The Balaban J connectivity index is 1.52. The summed E-state index contributed by atoms with van der Waals surface area (Å²) in [5.74, 6) is 0.303. The molecular formula is C27H29NO3S. The predicted octanol–water partition coefficient (Wildman–Crippen LogP) is 5.59. The summed E-state index contributed by atoms with van der Waals surface area (Å²) >= 11 is 0. The first-order valence-electron chi connectivity index (χ1n) is 11.1. The molecule has 1 fully saturated rings. The van der Waals surface area contributed by atoms with E-state index >= 15 is 0 Å². The third-order valence-electron chi connectivity index (χ3n) is 5.88. The smallest absolute Gasteiger partial charge is 0.254 e. The maximum absolute atomic E-state index is 13.4. The van der Waals surface area contributed by atoms with Crippen LogP contribution in [0.3, 0.4) is 0 Å². The van der Waals surface area contributed by atoms with Gasteiger partial charge in [0.25, 0.3) is 5.91 Å². The zero-order chi connectivity index (χ0) is 22.7. The van der Waals surface area contributed by atoms with E-state index in [0.717, 1.165) is 18.4 Å². The molecule has 5 heteroatoms. The third-order valence-corrected chi connectivity index (χ3v) is 7.58. The summed E-state index contributed by atoms with van der Waals surface area (Å²) in [5.41, 5.74) is 3.55. The Morgan fingerprint density at radius 1 is 0.906 bits per heavy atom. The van der Waals surface area contributed by atoms with Crippen LogP contribution in [-0.4, -0.2) is 25.3 Å². The van der Waals surface area contributed by atoms with E-state index in [-0.39, 0.29) is 17.7 Å². The first-order valence-corrected chi connectivity index (χ1v) is 12.8. The van der Waals surface area contributed by atoms with E-state index in [2.05, 4.69) is 38.1 Å². The number of sulfone groups is 1. The van der Waals surface area contributed by atoms with Gasteiger partial charge in [-0.25, -0.2) is 8.42 Å². The second-order valence-corrected chi connectivity index (χ2v) is 10.8. The summed E-state index contributed by atoms with van der Waals surface area (Å²) in [6, 6.07) is 24.2. The molecule has 1 aliphatic carbocycles. The second-order valence-electron chi connectivity index (χ2n) is 8.83. The van der Waals surface area contributed by atoms with Gasteiger partial charge in [-0.1, -0.05) is 68.4 Å². The number of benzene rings is 3. The fourth-order valence-electron chi connectivity index (χ4n) is 3.85. The van der Waals surface area contributed by atoms with Crippen LogP contribution in [0, 0.1) is 0 Å². The SMILES string of the molecule is CC(C)c1ccc(CN(C(=O)c2cccc(CS(=O)(=O)c3ccccc3)c2)C2CC2)cc1. The van der Waals surface area contributed by atoms with E-state index in [1.165, 1.54) is 5.56 Å². The lowest BCUT2D eigenvalue weighted by Gasteiger charge is -2.23. The molecule has 0 aromatic heterocycles. The van der Waals surface area contributed by atoms with Gasteiger partial charge in [-0.3, -0.25) is 4.79 Å². The van der Waals surface area contributed by atoms with Crippen molar-refractivity contribution in [1.29, 1.82) is 0 Å². The lowest BCUT2D eigenvalue weighted by molar-refractivity contribution is 0.0730. The average Bonchev–Trinajstić information content (AvgIpc) is 3.63. The molecule has 0 radical (unpaired) electrons. The Bertz CT molecular complexity index is 1180. The first kappa shape index (κ1) is 22.3. The quantitative estimate of drug-likeness (QED) is 0.452. The Morgan fingerprint density at radius 2 is 1.59 bits per heavy atom. The molecule has 0 saturated heterocycles. The summed E-state index contributed by atoms with van der Waals surface area (Å²) in [6.07, 6.45) is 2.02. The summed E-state index contributed by atoms with van der Waals surface area (Å²) in [4.78, 5) is 15.6. The fraction of sp³-hybridized carbons (Fsp3) is 0.296. The Morgan fingerprint density at radius 3 is 2.22 bits per heavy atom. The van der Waals surface area contributed by atoms with Crippen molar-refractivity contribution in [2.24, 2.45) is 0 Å². The number of nitrogens with zero attached hydrogens (tertiary/aromatic N) is 1. The van der Waals surface area contributed by atoms with Gasteiger partial charge in [0, 0.05) is 18.2 Å². The number of carbonyl (C=O) groups is 1. The van der Waals surface area contributed by atoms with Crippen LogP contribution < -0.4 is 0 Å². The molecule has 4 rings (SSSR count).